The molecule has 0 amide bonds. The van der Waals surface area contributed by atoms with Crippen molar-refractivity contribution in [3.8, 4) is 0 Å². The molecule has 6 heteroatoms. The lowest BCUT2D eigenvalue weighted by molar-refractivity contribution is 0.246. The molecule has 3 rings (SSSR count). The maximum Gasteiger partial charge on any atom is 0.128 e. The van der Waals surface area contributed by atoms with Gasteiger partial charge in [-0.25, -0.2) is 4.98 Å². The van der Waals surface area contributed by atoms with Crippen LogP contribution in [0.15, 0.2) is 42.7 Å². The molecule has 21 heavy (non-hydrogen) atoms. The molecule has 1 aliphatic heterocycles. The molecule has 1 saturated heterocycles. The first-order chi connectivity index (χ1) is 10.3. The van der Waals surface area contributed by atoms with E-state index < -0.39 is 0 Å². The normalized spacial score (nSPS) is 16.0. The summed E-state index contributed by atoms with van der Waals surface area (Å²) in [7, 11) is 0. The number of nitrogen functional groups attached to an aromatic ring is 1. The average Bonchev–Trinajstić information content (AvgIpc) is 2.56. The zero-order valence-corrected chi connectivity index (χ0v) is 11.9. The van der Waals surface area contributed by atoms with Crippen LogP contribution in [0.2, 0.25) is 0 Å². The molecule has 110 valence electrons. The lowest BCUT2D eigenvalue weighted by Crippen LogP contribution is -2.46. The van der Waals surface area contributed by atoms with Crippen molar-refractivity contribution < 1.29 is 0 Å². The second-order valence-electron chi connectivity index (χ2n) is 5.13. The van der Waals surface area contributed by atoms with E-state index in [0.717, 1.165) is 49.9 Å². The van der Waals surface area contributed by atoms with Crippen LogP contribution < -0.4 is 16.2 Å². The predicted octanol–water partition coefficient (Wildman–Crippen LogP) is 1.08. The number of nitrogens with two attached hydrogens (primary N) is 1. The van der Waals surface area contributed by atoms with Gasteiger partial charge in [-0.3, -0.25) is 15.7 Å². The Morgan fingerprint density at radius 3 is 2.62 bits per heavy atom. The minimum atomic E-state index is 0.853. The molecule has 0 spiro atoms. The topological polar surface area (TPSA) is 70.3 Å². The number of hydrogen-bond acceptors (Lipinski definition) is 6. The largest absolute Gasteiger partial charge is 0.354 e. The monoisotopic (exact) mass is 284 g/mol. The fourth-order valence-corrected chi connectivity index (χ4v) is 2.56. The number of aromatic nitrogens is 2. The second kappa shape index (κ2) is 6.51. The van der Waals surface area contributed by atoms with Crippen molar-refractivity contribution in [3.63, 3.8) is 0 Å². The zero-order valence-electron chi connectivity index (χ0n) is 11.9. The Labute approximate surface area is 124 Å². The van der Waals surface area contributed by atoms with E-state index in [1.165, 1.54) is 0 Å². The summed E-state index contributed by atoms with van der Waals surface area (Å²) in [6, 6.07) is 9.90. The summed E-state index contributed by atoms with van der Waals surface area (Å²) in [5, 5.41) is 0. The zero-order chi connectivity index (χ0) is 14.5. The summed E-state index contributed by atoms with van der Waals surface area (Å²) in [6.07, 6.45) is 3.63. The number of hydrazine groups is 1. The highest BCUT2D eigenvalue weighted by atomic mass is 15.3. The number of nitrogens with zero attached hydrogens (tertiary/aromatic N) is 4. The first kappa shape index (κ1) is 13.8. The number of hydrogen-bond donors (Lipinski definition) is 2. The van der Waals surface area contributed by atoms with Crippen molar-refractivity contribution in [2.45, 2.75) is 6.54 Å². The third-order valence-corrected chi connectivity index (χ3v) is 3.71. The van der Waals surface area contributed by atoms with Gasteiger partial charge in [-0.05, 0) is 24.3 Å². The fourth-order valence-electron chi connectivity index (χ4n) is 2.56. The smallest absolute Gasteiger partial charge is 0.128 e. The van der Waals surface area contributed by atoms with Gasteiger partial charge in [0.05, 0.1) is 11.4 Å². The van der Waals surface area contributed by atoms with Gasteiger partial charge in [0.1, 0.15) is 5.82 Å². The Kier molecular flexibility index (Phi) is 4.28. The molecule has 0 aromatic carbocycles. The molecule has 0 radical (unpaired) electrons. The van der Waals surface area contributed by atoms with Crippen LogP contribution in [0.3, 0.4) is 0 Å². The van der Waals surface area contributed by atoms with E-state index in [-0.39, 0.29) is 0 Å². The lowest BCUT2D eigenvalue weighted by Gasteiger charge is -2.35. The first-order valence-corrected chi connectivity index (χ1v) is 7.15. The maximum absolute atomic E-state index is 5.43. The summed E-state index contributed by atoms with van der Waals surface area (Å²) >= 11 is 0. The molecular formula is C15H20N6. The van der Waals surface area contributed by atoms with Crippen LogP contribution in [0.1, 0.15) is 5.69 Å². The SMILES string of the molecule is NNc1ccnc(CN2CCN(c3ccccn3)CC2)c1. The Balaban J connectivity index is 1.56. The Morgan fingerprint density at radius 2 is 1.90 bits per heavy atom. The van der Waals surface area contributed by atoms with E-state index in [1.54, 1.807) is 6.20 Å². The first-order valence-electron chi connectivity index (χ1n) is 7.15. The van der Waals surface area contributed by atoms with E-state index in [9.17, 15) is 0 Å². The highest BCUT2D eigenvalue weighted by molar-refractivity contribution is 5.41. The summed E-state index contributed by atoms with van der Waals surface area (Å²) in [5.74, 6) is 6.49. The maximum atomic E-state index is 5.43. The standard InChI is InChI=1S/C15H20N6/c16-19-13-4-6-17-14(11-13)12-20-7-9-21(10-8-20)15-3-1-2-5-18-15/h1-6,11H,7-10,12,16H2,(H,17,19). The minimum absolute atomic E-state index is 0.853. The quantitative estimate of drug-likeness (QED) is 0.647. The van der Waals surface area contributed by atoms with E-state index >= 15 is 0 Å². The van der Waals surface area contributed by atoms with Gasteiger partial charge in [-0.2, -0.15) is 0 Å². The summed E-state index contributed by atoms with van der Waals surface area (Å²) < 4.78 is 0. The third kappa shape index (κ3) is 3.48. The molecule has 0 unspecified atom stereocenters. The molecule has 0 bridgehead atoms. The number of rotatable bonds is 4. The van der Waals surface area contributed by atoms with Crippen LogP contribution >= 0.6 is 0 Å². The van der Waals surface area contributed by atoms with Crippen LogP contribution in [0, 0.1) is 0 Å². The van der Waals surface area contributed by atoms with Crippen molar-refractivity contribution >= 4 is 11.5 Å². The van der Waals surface area contributed by atoms with Gasteiger partial charge in [0.25, 0.3) is 0 Å². The Hall–Kier alpha value is -2.18. The van der Waals surface area contributed by atoms with E-state index in [0.29, 0.717) is 0 Å². The van der Waals surface area contributed by atoms with E-state index in [1.807, 2.05) is 30.5 Å². The van der Waals surface area contributed by atoms with Gasteiger partial charge in [0, 0.05) is 45.1 Å². The second-order valence-corrected chi connectivity index (χ2v) is 5.13. The summed E-state index contributed by atoms with van der Waals surface area (Å²) in [5.41, 5.74) is 4.59. The molecule has 6 nitrogen and oxygen atoms in total. The van der Waals surface area contributed by atoms with Gasteiger partial charge in [-0.15, -0.1) is 0 Å². The predicted molar refractivity (Wildman–Crippen MR) is 83.8 cm³/mol. The number of nitrogens with one attached hydrogen (secondary N) is 1. The van der Waals surface area contributed by atoms with Crippen LogP contribution in [0.5, 0.6) is 0 Å². The van der Waals surface area contributed by atoms with Crippen molar-refractivity contribution in [3.05, 3.63) is 48.4 Å². The van der Waals surface area contributed by atoms with Gasteiger partial charge >= 0.3 is 0 Å². The van der Waals surface area contributed by atoms with Crippen molar-refractivity contribution in [1.29, 1.82) is 0 Å². The number of piperazine rings is 1. The van der Waals surface area contributed by atoms with E-state index in [2.05, 4.69) is 31.3 Å². The molecule has 0 atom stereocenters. The molecule has 0 saturated carbocycles. The number of pyridine rings is 2. The average molecular weight is 284 g/mol. The van der Waals surface area contributed by atoms with Crippen LogP contribution in [0.4, 0.5) is 11.5 Å². The molecule has 1 fully saturated rings. The molecule has 2 aromatic rings. The molecule has 3 N–H and O–H groups in total. The Morgan fingerprint density at radius 1 is 1.05 bits per heavy atom. The highest BCUT2D eigenvalue weighted by Gasteiger charge is 2.18. The molecule has 0 aliphatic carbocycles. The van der Waals surface area contributed by atoms with Gasteiger partial charge in [0.2, 0.25) is 0 Å². The highest BCUT2D eigenvalue weighted by Crippen LogP contribution is 2.14. The minimum Gasteiger partial charge on any atom is -0.354 e. The van der Waals surface area contributed by atoms with Crippen molar-refractivity contribution in [1.82, 2.24) is 14.9 Å². The van der Waals surface area contributed by atoms with Gasteiger partial charge < -0.3 is 10.3 Å². The van der Waals surface area contributed by atoms with Crippen LogP contribution in [-0.2, 0) is 6.54 Å². The van der Waals surface area contributed by atoms with Gasteiger partial charge in [0.15, 0.2) is 0 Å². The third-order valence-electron chi connectivity index (χ3n) is 3.71. The van der Waals surface area contributed by atoms with Crippen molar-refractivity contribution in [2.24, 2.45) is 5.84 Å². The summed E-state index contributed by atoms with van der Waals surface area (Å²) in [4.78, 5) is 13.5. The number of anilines is 2. The van der Waals surface area contributed by atoms with E-state index in [4.69, 9.17) is 5.84 Å². The molecule has 2 aromatic heterocycles. The Bertz CT molecular complexity index is 565. The van der Waals surface area contributed by atoms with Crippen LogP contribution in [0.25, 0.3) is 0 Å². The van der Waals surface area contributed by atoms with Crippen molar-refractivity contribution in [2.75, 3.05) is 36.5 Å². The molecular weight excluding hydrogens is 264 g/mol. The lowest BCUT2D eigenvalue weighted by atomic mass is 10.2. The molecule has 1 aliphatic rings. The molecule has 3 heterocycles. The summed E-state index contributed by atoms with van der Waals surface area (Å²) in [6.45, 7) is 4.86. The fraction of sp³-hybridized carbons (Fsp3) is 0.333. The van der Waals surface area contributed by atoms with Gasteiger partial charge in [-0.1, -0.05) is 6.07 Å². The van der Waals surface area contributed by atoms with Crippen LogP contribution in [-0.4, -0.2) is 41.0 Å².